The standard InChI is InChI=1S/C17H25NO4/c1-11(2)8-15(17(20)21)18-16(19)10-13-6-5-7-14(9-13)22-12(3)4/h5-7,9,11-12,15H,8,10H2,1-4H3,(H,18,19)(H,20,21)/t15-/m0/s1. The Hall–Kier alpha value is -2.04. The summed E-state index contributed by atoms with van der Waals surface area (Å²) < 4.78 is 5.58. The van der Waals surface area contributed by atoms with Gasteiger partial charge in [0, 0.05) is 0 Å². The molecule has 0 saturated heterocycles. The maximum atomic E-state index is 12.0. The first kappa shape index (κ1) is 18.0. The molecule has 0 aliphatic heterocycles. The summed E-state index contributed by atoms with van der Waals surface area (Å²) in [5, 5.41) is 11.7. The minimum absolute atomic E-state index is 0.0616. The molecule has 1 rings (SSSR count). The van der Waals surface area contributed by atoms with Crippen LogP contribution in [-0.4, -0.2) is 29.1 Å². The van der Waals surface area contributed by atoms with Crippen LogP contribution in [0.2, 0.25) is 0 Å². The lowest BCUT2D eigenvalue weighted by atomic mass is 10.0. The van der Waals surface area contributed by atoms with Crippen molar-refractivity contribution in [2.24, 2.45) is 5.92 Å². The van der Waals surface area contributed by atoms with Crippen molar-refractivity contribution in [2.75, 3.05) is 0 Å². The number of hydrogen-bond donors (Lipinski definition) is 2. The Kier molecular flexibility index (Phi) is 6.89. The summed E-state index contributed by atoms with van der Waals surface area (Å²) in [7, 11) is 0. The number of nitrogens with one attached hydrogen (secondary N) is 1. The van der Waals surface area contributed by atoms with Gasteiger partial charge in [0.1, 0.15) is 11.8 Å². The van der Waals surface area contributed by atoms with Crippen LogP contribution < -0.4 is 10.1 Å². The van der Waals surface area contributed by atoms with Gasteiger partial charge in [-0.3, -0.25) is 4.79 Å². The number of carbonyl (C=O) groups is 2. The van der Waals surface area contributed by atoms with Crippen molar-refractivity contribution in [3.63, 3.8) is 0 Å². The number of carbonyl (C=O) groups excluding carboxylic acids is 1. The van der Waals surface area contributed by atoms with E-state index in [1.54, 1.807) is 6.07 Å². The smallest absolute Gasteiger partial charge is 0.326 e. The van der Waals surface area contributed by atoms with E-state index in [1.807, 2.05) is 45.9 Å². The topological polar surface area (TPSA) is 75.6 Å². The van der Waals surface area contributed by atoms with Crippen LogP contribution in [0.4, 0.5) is 0 Å². The number of aliphatic carboxylic acids is 1. The molecular weight excluding hydrogens is 282 g/mol. The third-order valence-electron chi connectivity index (χ3n) is 2.98. The van der Waals surface area contributed by atoms with Crippen LogP contribution in [0.15, 0.2) is 24.3 Å². The molecule has 1 amide bonds. The zero-order chi connectivity index (χ0) is 16.7. The Morgan fingerprint density at radius 3 is 2.45 bits per heavy atom. The van der Waals surface area contributed by atoms with E-state index in [0.717, 1.165) is 5.56 Å². The second kappa shape index (κ2) is 8.41. The van der Waals surface area contributed by atoms with E-state index in [4.69, 9.17) is 9.84 Å². The van der Waals surface area contributed by atoms with Crippen LogP contribution in [0, 0.1) is 5.92 Å². The highest BCUT2D eigenvalue weighted by Gasteiger charge is 2.21. The SMILES string of the molecule is CC(C)C[C@H](NC(=O)Cc1cccc(OC(C)C)c1)C(=O)O. The zero-order valence-electron chi connectivity index (χ0n) is 13.6. The summed E-state index contributed by atoms with van der Waals surface area (Å²) in [5.41, 5.74) is 0.796. The van der Waals surface area contributed by atoms with E-state index in [2.05, 4.69) is 5.32 Å². The Bertz CT molecular complexity index is 511. The molecule has 22 heavy (non-hydrogen) atoms. The van der Waals surface area contributed by atoms with Gasteiger partial charge < -0.3 is 15.2 Å². The van der Waals surface area contributed by atoms with Crippen molar-refractivity contribution in [1.29, 1.82) is 0 Å². The van der Waals surface area contributed by atoms with E-state index in [9.17, 15) is 9.59 Å². The maximum absolute atomic E-state index is 12.0. The summed E-state index contributed by atoms with van der Waals surface area (Å²) in [6, 6.07) is 6.44. The summed E-state index contributed by atoms with van der Waals surface area (Å²) in [5.74, 6) is -0.393. The predicted octanol–water partition coefficient (Wildman–Crippen LogP) is 2.63. The Labute approximate surface area is 131 Å². The summed E-state index contributed by atoms with van der Waals surface area (Å²) in [6.45, 7) is 7.72. The third-order valence-corrected chi connectivity index (χ3v) is 2.98. The number of ether oxygens (including phenoxy) is 1. The Balaban J connectivity index is 2.65. The fraction of sp³-hybridized carbons (Fsp3) is 0.529. The second-order valence-electron chi connectivity index (χ2n) is 6.08. The molecule has 0 radical (unpaired) electrons. The molecule has 0 unspecified atom stereocenters. The lowest BCUT2D eigenvalue weighted by Crippen LogP contribution is -2.42. The molecule has 0 aliphatic carbocycles. The first-order valence-electron chi connectivity index (χ1n) is 7.55. The molecule has 2 N–H and O–H groups in total. The molecule has 0 aliphatic rings. The van der Waals surface area contributed by atoms with Crippen LogP contribution in [0.1, 0.15) is 39.7 Å². The minimum Gasteiger partial charge on any atom is -0.491 e. The molecule has 1 atom stereocenters. The van der Waals surface area contributed by atoms with Crippen LogP contribution in [0.3, 0.4) is 0 Å². The Morgan fingerprint density at radius 2 is 1.91 bits per heavy atom. The molecule has 122 valence electrons. The average molecular weight is 307 g/mol. The summed E-state index contributed by atoms with van der Waals surface area (Å²) in [4.78, 5) is 23.2. The van der Waals surface area contributed by atoms with Crippen molar-refractivity contribution >= 4 is 11.9 Å². The average Bonchev–Trinajstić information content (AvgIpc) is 2.36. The lowest BCUT2D eigenvalue weighted by molar-refractivity contribution is -0.142. The number of benzene rings is 1. The van der Waals surface area contributed by atoms with Crippen molar-refractivity contribution < 1.29 is 19.4 Å². The number of carboxylic acids is 1. The van der Waals surface area contributed by atoms with E-state index < -0.39 is 12.0 Å². The van der Waals surface area contributed by atoms with Crippen LogP contribution in [-0.2, 0) is 16.0 Å². The fourth-order valence-corrected chi connectivity index (χ4v) is 2.12. The van der Waals surface area contributed by atoms with E-state index in [1.165, 1.54) is 0 Å². The number of amides is 1. The first-order valence-corrected chi connectivity index (χ1v) is 7.55. The van der Waals surface area contributed by atoms with Crippen molar-refractivity contribution in [3.05, 3.63) is 29.8 Å². The normalized spacial score (nSPS) is 12.3. The number of hydrogen-bond acceptors (Lipinski definition) is 3. The zero-order valence-corrected chi connectivity index (χ0v) is 13.6. The van der Waals surface area contributed by atoms with Gasteiger partial charge in [-0.1, -0.05) is 26.0 Å². The van der Waals surface area contributed by atoms with E-state index in [-0.39, 0.29) is 24.3 Å². The number of rotatable bonds is 8. The predicted molar refractivity (Wildman–Crippen MR) is 84.9 cm³/mol. The second-order valence-corrected chi connectivity index (χ2v) is 6.08. The monoisotopic (exact) mass is 307 g/mol. The molecule has 1 aromatic carbocycles. The van der Waals surface area contributed by atoms with Gasteiger partial charge in [-0.25, -0.2) is 4.79 Å². The first-order chi connectivity index (χ1) is 10.3. The van der Waals surface area contributed by atoms with Gasteiger partial charge in [0.05, 0.1) is 12.5 Å². The van der Waals surface area contributed by atoms with Gasteiger partial charge in [-0.2, -0.15) is 0 Å². The third kappa shape index (κ3) is 6.61. The molecule has 5 heteroatoms. The maximum Gasteiger partial charge on any atom is 0.326 e. The highest BCUT2D eigenvalue weighted by molar-refractivity contribution is 5.84. The fourth-order valence-electron chi connectivity index (χ4n) is 2.12. The summed E-state index contributed by atoms with van der Waals surface area (Å²) in [6.07, 6.45) is 0.612. The van der Waals surface area contributed by atoms with Gasteiger partial charge in [0.15, 0.2) is 0 Å². The molecule has 0 heterocycles. The Morgan fingerprint density at radius 1 is 1.23 bits per heavy atom. The van der Waals surface area contributed by atoms with Gasteiger partial charge in [0.2, 0.25) is 5.91 Å². The van der Waals surface area contributed by atoms with Crippen molar-refractivity contribution in [2.45, 2.75) is 52.7 Å². The molecule has 0 aromatic heterocycles. The van der Waals surface area contributed by atoms with Crippen LogP contribution in [0.25, 0.3) is 0 Å². The highest BCUT2D eigenvalue weighted by atomic mass is 16.5. The largest absolute Gasteiger partial charge is 0.491 e. The lowest BCUT2D eigenvalue weighted by Gasteiger charge is -2.16. The quantitative estimate of drug-likeness (QED) is 0.774. The highest BCUT2D eigenvalue weighted by Crippen LogP contribution is 2.15. The molecule has 0 spiro atoms. The van der Waals surface area contributed by atoms with Crippen LogP contribution >= 0.6 is 0 Å². The molecule has 0 saturated carbocycles. The van der Waals surface area contributed by atoms with E-state index >= 15 is 0 Å². The molecule has 0 bridgehead atoms. The molecular formula is C17H25NO4. The van der Waals surface area contributed by atoms with E-state index in [0.29, 0.717) is 12.2 Å². The molecule has 1 aromatic rings. The van der Waals surface area contributed by atoms with Crippen molar-refractivity contribution in [3.8, 4) is 5.75 Å². The molecule has 0 fully saturated rings. The number of carboxylic acid groups (broad SMARTS) is 1. The van der Waals surface area contributed by atoms with Gasteiger partial charge in [-0.05, 0) is 43.9 Å². The van der Waals surface area contributed by atoms with Crippen LogP contribution in [0.5, 0.6) is 5.75 Å². The van der Waals surface area contributed by atoms with Gasteiger partial charge in [-0.15, -0.1) is 0 Å². The van der Waals surface area contributed by atoms with Gasteiger partial charge in [0.25, 0.3) is 0 Å². The van der Waals surface area contributed by atoms with Crippen molar-refractivity contribution in [1.82, 2.24) is 5.32 Å². The van der Waals surface area contributed by atoms with Gasteiger partial charge >= 0.3 is 5.97 Å². The molecule has 5 nitrogen and oxygen atoms in total. The summed E-state index contributed by atoms with van der Waals surface area (Å²) >= 11 is 0. The minimum atomic E-state index is -1.00.